The molecule has 9 heteroatoms. The average molecular weight is 393 g/mol. The fraction of sp³-hybridized carbons (Fsp3) is 0.300. The largest absolute Gasteiger partial charge is 0.500 e. The number of methoxy groups -OCH3 is 1. The summed E-state index contributed by atoms with van der Waals surface area (Å²) in [6.07, 6.45) is 10.9. The third-order valence-corrected chi connectivity index (χ3v) is 4.19. The lowest BCUT2D eigenvalue weighted by Gasteiger charge is -2.16. The van der Waals surface area contributed by atoms with Gasteiger partial charge in [-0.1, -0.05) is 12.2 Å². The summed E-state index contributed by atoms with van der Waals surface area (Å²) in [5.74, 6) is 2.72. The molecular weight excluding hydrogens is 370 g/mol. The molecule has 0 unspecified atom stereocenters. The van der Waals surface area contributed by atoms with Crippen molar-refractivity contribution < 1.29 is 9.47 Å². The first kappa shape index (κ1) is 20.1. The average Bonchev–Trinajstić information content (AvgIpc) is 3.09. The number of aromatic amines is 1. The highest BCUT2D eigenvalue weighted by Crippen LogP contribution is 2.27. The van der Waals surface area contributed by atoms with Gasteiger partial charge in [0.2, 0.25) is 0 Å². The predicted octanol–water partition coefficient (Wildman–Crippen LogP) is 2.47. The van der Waals surface area contributed by atoms with Gasteiger partial charge in [-0.3, -0.25) is 5.10 Å². The highest BCUT2D eigenvalue weighted by Gasteiger charge is 2.17. The number of nitrogens with two attached hydrogens (primary N) is 1. The van der Waals surface area contributed by atoms with Gasteiger partial charge in [0.25, 0.3) is 0 Å². The van der Waals surface area contributed by atoms with E-state index in [4.69, 9.17) is 20.5 Å². The molecule has 29 heavy (non-hydrogen) atoms. The van der Waals surface area contributed by atoms with Crippen molar-refractivity contribution in [2.75, 3.05) is 25.6 Å². The van der Waals surface area contributed by atoms with Crippen LogP contribution in [-0.2, 0) is 15.9 Å². The molecule has 0 aliphatic heterocycles. The summed E-state index contributed by atoms with van der Waals surface area (Å²) >= 11 is 0. The van der Waals surface area contributed by atoms with E-state index in [-0.39, 0.29) is 5.69 Å². The highest BCUT2D eigenvalue weighted by molar-refractivity contribution is 5.51. The van der Waals surface area contributed by atoms with Crippen molar-refractivity contribution >= 4 is 11.6 Å². The van der Waals surface area contributed by atoms with Gasteiger partial charge in [-0.05, 0) is 19.0 Å². The fourth-order valence-corrected chi connectivity index (χ4v) is 2.77. The molecule has 0 bridgehead atoms. The zero-order chi connectivity index (χ0) is 20.5. The zero-order valence-electron chi connectivity index (χ0n) is 16.2. The van der Waals surface area contributed by atoms with Gasteiger partial charge in [-0.15, -0.1) is 0 Å². The Morgan fingerprint density at radius 3 is 2.93 bits per heavy atom. The van der Waals surface area contributed by atoms with E-state index in [0.717, 1.165) is 29.2 Å². The van der Waals surface area contributed by atoms with E-state index in [1.807, 2.05) is 30.4 Å². The van der Waals surface area contributed by atoms with Crippen LogP contribution in [0.25, 0.3) is 0 Å². The van der Waals surface area contributed by atoms with Crippen molar-refractivity contribution in [3.05, 3.63) is 65.2 Å². The molecule has 1 aliphatic rings. The standard InChI is InChI=1S/C20H23N7O2/c1-28-17-5-2-3-6-18(29-8-4-7-21)16(17)9-14-10-19(27-26-14)25-20-13-23-15(11-22)12-24-20/h2-3,6,10,12-13H,4-5,7-9,21H2,1H3,(H2,24,25,26,27). The summed E-state index contributed by atoms with van der Waals surface area (Å²) in [6, 6.07) is 3.82. The maximum atomic E-state index is 8.80. The summed E-state index contributed by atoms with van der Waals surface area (Å²) in [7, 11) is 1.66. The number of anilines is 2. The molecule has 0 atom stereocenters. The highest BCUT2D eigenvalue weighted by atomic mass is 16.5. The second-order valence-electron chi connectivity index (χ2n) is 6.24. The number of hydrogen-bond acceptors (Lipinski definition) is 8. The smallest absolute Gasteiger partial charge is 0.158 e. The monoisotopic (exact) mass is 393 g/mol. The number of aromatic nitrogens is 4. The number of nitrogens with zero attached hydrogens (tertiary/aromatic N) is 4. The van der Waals surface area contributed by atoms with Gasteiger partial charge < -0.3 is 20.5 Å². The SMILES string of the molecule is COC1=C(Cc2cc(Nc3cnc(C#N)cn3)n[nH]2)C(OCCCN)=CC=CC1. The van der Waals surface area contributed by atoms with Crippen molar-refractivity contribution in [2.45, 2.75) is 19.3 Å². The molecule has 2 heterocycles. The van der Waals surface area contributed by atoms with Crippen LogP contribution in [0.15, 0.2) is 53.8 Å². The number of H-pyrrole nitrogens is 1. The third-order valence-electron chi connectivity index (χ3n) is 4.19. The van der Waals surface area contributed by atoms with E-state index in [9.17, 15) is 0 Å². The fourth-order valence-electron chi connectivity index (χ4n) is 2.77. The van der Waals surface area contributed by atoms with Crippen molar-refractivity contribution in [2.24, 2.45) is 5.73 Å². The van der Waals surface area contributed by atoms with Crippen LogP contribution in [0.5, 0.6) is 0 Å². The molecule has 0 saturated heterocycles. The van der Waals surface area contributed by atoms with Crippen molar-refractivity contribution in [1.82, 2.24) is 20.2 Å². The van der Waals surface area contributed by atoms with Gasteiger partial charge in [-0.2, -0.15) is 10.4 Å². The quantitative estimate of drug-likeness (QED) is 0.553. The van der Waals surface area contributed by atoms with E-state index in [1.54, 1.807) is 7.11 Å². The lowest BCUT2D eigenvalue weighted by Crippen LogP contribution is -2.08. The summed E-state index contributed by atoms with van der Waals surface area (Å²) in [5.41, 5.74) is 7.67. The van der Waals surface area contributed by atoms with E-state index in [0.29, 0.717) is 37.6 Å². The number of nitriles is 1. The maximum Gasteiger partial charge on any atom is 0.158 e. The number of nitrogens with one attached hydrogen (secondary N) is 2. The Morgan fingerprint density at radius 2 is 2.21 bits per heavy atom. The number of allylic oxidation sites excluding steroid dienone is 4. The normalized spacial score (nSPS) is 13.5. The topological polar surface area (TPSA) is 135 Å². The van der Waals surface area contributed by atoms with Gasteiger partial charge in [-0.25, -0.2) is 9.97 Å². The summed E-state index contributed by atoms with van der Waals surface area (Å²) in [4.78, 5) is 8.12. The molecule has 150 valence electrons. The van der Waals surface area contributed by atoms with Gasteiger partial charge in [0.1, 0.15) is 23.4 Å². The molecule has 0 fully saturated rings. The Kier molecular flexibility index (Phi) is 6.97. The second-order valence-corrected chi connectivity index (χ2v) is 6.24. The molecule has 0 spiro atoms. The molecular formula is C20H23N7O2. The van der Waals surface area contributed by atoms with Crippen LogP contribution in [0.1, 0.15) is 24.2 Å². The Labute approximate surface area is 169 Å². The summed E-state index contributed by atoms with van der Waals surface area (Å²) in [6.45, 7) is 1.12. The number of rotatable bonds is 9. The molecule has 0 amide bonds. The molecule has 4 N–H and O–H groups in total. The Hall–Kier alpha value is -3.64. The van der Waals surface area contributed by atoms with Crippen LogP contribution in [-0.4, -0.2) is 40.4 Å². The van der Waals surface area contributed by atoms with Crippen LogP contribution in [0, 0.1) is 11.3 Å². The van der Waals surface area contributed by atoms with E-state index in [2.05, 4.69) is 25.5 Å². The van der Waals surface area contributed by atoms with Gasteiger partial charge in [0.15, 0.2) is 11.5 Å². The first-order valence-electron chi connectivity index (χ1n) is 9.23. The summed E-state index contributed by atoms with van der Waals surface area (Å²) in [5, 5.41) is 19.1. The van der Waals surface area contributed by atoms with Crippen molar-refractivity contribution in [1.29, 1.82) is 5.26 Å². The van der Waals surface area contributed by atoms with Crippen LogP contribution >= 0.6 is 0 Å². The molecule has 0 radical (unpaired) electrons. The zero-order valence-corrected chi connectivity index (χ0v) is 16.2. The molecule has 0 aromatic carbocycles. The maximum absolute atomic E-state index is 8.80. The minimum absolute atomic E-state index is 0.258. The molecule has 0 saturated carbocycles. The molecule has 3 rings (SSSR count). The van der Waals surface area contributed by atoms with Gasteiger partial charge in [0, 0.05) is 30.2 Å². The number of hydrogen-bond donors (Lipinski definition) is 3. The van der Waals surface area contributed by atoms with E-state index < -0.39 is 0 Å². The van der Waals surface area contributed by atoms with Crippen LogP contribution in [0.3, 0.4) is 0 Å². The molecule has 9 nitrogen and oxygen atoms in total. The Balaban J connectivity index is 1.74. The first-order valence-corrected chi connectivity index (χ1v) is 9.23. The Morgan fingerprint density at radius 1 is 1.31 bits per heavy atom. The lowest BCUT2D eigenvalue weighted by atomic mass is 10.1. The van der Waals surface area contributed by atoms with Gasteiger partial charge >= 0.3 is 0 Å². The molecule has 1 aliphatic carbocycles. The molecule has 2 aromatic heterocycles. The minimum atomic E-state index is 0.258. The first-order chi connectivity index (χ1) is 14.2. The Bertz CT molecular complexity index is 952. The van der Waals surface area contributed by atoms with Crippen LogP contribution < -0.4 is 11.1 Å². The van der Waals surface area contributed by atoms with Gasteiger partial charge in [0.05, 0.1) is 26.1 Å². The number of ether oxygens (including phenoxy) is 2. The van der Waals surface area contributed by atoms with Crippen molar-refractivity contribution in [3.8, 4) is 6.07 Å². The molecule has 2 aromatic rings. The predicted molar refractivity (Wildman–Crippen MR) is 108 cm³/mol. The lowest BCUT2D eigenvalue weighted by molar-refractivity contribution is 0.209. The third kappa shape index (κ3) is 5.43. The van der Waals surface area contributed by atoms with E-state index >= 15 is 0 Å². The second kappa shape index (κ2) is 10.1. The summed E-state index contributed by atoms with van der Waals surface area (Å²) < 4.78 is 11.5. The van der Waals surface area contributed by atoms with Crippen molar-refractivity contribution in [3.63, 3.8) is 0 Å². The van der Waals surface area contributed by atoms with Crippen LogP contribution in [0.4, 0.5) is 11.6 Å². The van der Waals surface area contributed by atoms with Crippen LogP contribution in [0.2, 0.25) is 0 Å². The van der Waals surface area contributed by atoms with E-state index in [1.165, 1.54) is 12.4 Å². The minimum Gasteiger partial charge on any atom is -0.500 e.